The summed E-state index contributed by atoms with van der Waals surface area (Å²) in [7, 11) is -3.51. The summed E-state index contributed by atoms with van der Waals surface area (Å²) in [6, 6.07) is 8.32. The smallest absolute Gasteiger partial charge is 0.237 e. The molecule has 0 aliphatic heterocycles. The molecule has 0 atom stereocenters. The Kier molecular flexibility index (Phi) is 3.30. The molecule has 1 heterocycles. The first kappa shape index (κ1) is 12.1. The van der Waals surface area contributed by atoms with E-state index >= 15 is 0 Å². The number of nitrogens with zero attached hydrogens (tertiary/aromatic N) is 2. The lowest BCUT2D eigenvalue weighted by Crippen LogP contribution is -2.14. The number of anilines is 1. The lowest BCUT2D eigenvalue weighted by molar-refractivity contribution is 0.420. The zero-order chi connectivity index (χ0) is 13.0. The molecule has 0 radical (unpaired) electrons. The summed E-state index contributed by atoms with van der Waals surface area (Å²) in [5.74, 6) is -0.177. The van der Waals surface area contributed by atoms with Crippen LogP contribution in [0, 0.1) is 11.3 Å². The van der Waals surface area contributed by atoms with Crippen molar-refractivity contribution in [2.75, 3.05) is 4.72 Å². The van der Waals surface area contributed by atoms with Gasteiger partial charge in [0, 0.05) is 0 Å². The molecule has 0 fully saturated rings. The van der Waals surface area contributed by atoms with E-state index < -0.39 is 10.0 Å². The Morgan fingerprint density at radius 3 is 2.61 bits per heavy atom. The van der Waals surface area contributed by atoms with Gasteiger partial charge < -0.3 is 4.52 Å². The van der Waals surface area contributed by atoms with Crippen molar-refractivity contribution in [1.82, 2.24) is 5.16 Å². The highest BCUT2D eigenvalue weighted by Gasteiger charge is 2.12. The molecule has 18 heavy (non-hydrogen) atoms. The van der Waals surface area contributed by atoms with Gasteiger partial charge in [-0.25, -0.2) is 8.42 Å². The lowest BCUT2D eigenvalue weighted by Gasteiger charge is -2.05. The molecule has 7 heteroatoms. The maximum absolute atomic E-state index is 11.8. The van der Waals surface area contributed by atoms with Crippen molar-refractivity contribution in [3.63, 3.8) is 0 Å². The first-order valence-corrected chi connectivity index (χ1v) is 6.63. The fourth-order valence-electron chi connectivity index (χ4n) is 1.37. The molecule has 6 nitrogen and oxygen atoms in total. The number of nitriles is 1. The molecule has 1 N–H and O–H groups in total. The Morgan fingerprint density at radius 2 is 2.06 bits per heavy atom. The third-order valence-electron chi connectivity index (χ3n) is 2.15. The van der Waals surface area contributed by atoms with Gasteiger partial charge >= 0.3 is 0 Å². The van der Waals surface area contributed by atoms with Crippen LogP contribution in [0.3, 0.4) is 0 Å². The maximum atomic E-state index is 11.8. The molecule has 92 valence electrons. The minimum atomic E-state index is -3.51. The minimum Gasteiger partial charge on any atom is -0.362 e. The van der Waals surface area contributed by atoms with Gasteiger partial charge in [-0.15, -0.1) is 0 Å². The standard InChI is InChI=1S/C11H9N3O3S/c12-5-9-1-3-10(4-2-9)8-18(15,16)14-11-6-13-17-7-11/h1-4,6-7,14H,8H2. The number of aromatic nitrogens is 1. The Balaban J connectivity index is 2.10. The van der Waals surface area contributed by atoms with E-state index in [1.807, 2.05) is 6.07 Å². The van der Waals surface area contributed by atoms with Crippen molar-refractivity contribution in [3.8, 4) is 6.07 Å². The van der Waals surface area contributed by atoms with E-state index in [-0.39, 0.29) is 11.4 Å². The average molecular weight is 263 g/mol. The molecule has 0 spiro atoms. The molecule has 1 aromatic carbocycles. The van der Waals surface area contributed by atoms with Crippen molar-refractivity contribution in [2.24, 2.45) is 0 Å². The first-order valence-electron chi connectivity index (χ1n) is 4.98. The van der Waals surface area contributed by atoms with Crippen molar-refractivity contribution in [2.45, 2.75) is 5.75 Å². The molecule has 1 aromatic heterocycles. The van der Waals surface area contributed by atoms with Gasteiger partial charge in [0.15, 0.2) is 0 Å². The largest absolute Gasteiger partial charge is 0.362 e. The number of hydrogen-bond donors (Lipinski definition) is 1. The number of benzene rings is 1. The predicted octanol–water partition coefficient (Wildman–Crippen LogP) is 1.49. The predicted molar refractivity (Wildman–Crippen MR) is 63.9 cm³/mol. The van der Waals surface area contributed by atoms with E-state index in [1.54, 1.807) is 24.3 Å². The monoisotopic (exact) mass is 263 g/mol. The Morgan fingerprint density at radius 1 is 1.33 bits per heavy atom. The number of nitrogens with one attached hydrogen (secondary N) is 1. The molecule has 2 rings (SSSR count). The Hall–Kier alpha value is -2.33. The van der Waals surface area contributed by atoms with Crippen LogP contribution in [0.2, 0.25) is 0 Å². The second-order valence-corrected chi connectivity index (χ2v) is 5.31. The van der Waals surface area contributed by atoms with Crippen LogP contribution >= 0.6 is 0 Å². The van der Waals surface area contributed by atoms with Gasteiger partial charge in [-0.1, -0.05) is 17.3 Å². The van der Waals surface area contributed by atoms with Crippen molar-refractivity contribution >= 4 is 15.7 Å². The molecule has 0 aliphatic rings. The third-order valence-corrected chi connectivity index (χ3v) is 3.41. The van der Waals surface area contributed by atoms with Gasteiger partial charge in [0.2, 0.25) is 10.0 Å². The van der Waals surface area contributed by atoms with Crippen LogP contribution in [-0.2, 0) is 15.8 Å². The summed E-state index contributed by atoms with van der Waals surface area (Å²) in [6.07, 6.45) is 2.48. The second-order valence-electron chi connectivity index (χ2n) is 3.58. The molecular formula is C11H9N3O3S. The Bertz CT molecular complexity index is 655. The van der Waals surface area contributed by atoms with Crippen molar-refractivity contribution < 1.29 is 12.9 Å². The molecule has 2 aromatic rings. The van der Waals surface area contributed by atoms with Gasteiger partial charge in [-0.2, -0.15) is 5.26 Å². The fourth-order valence-corrected chi connectivity index (χ4v) is 2.53. The van der Waals surface area contributed by atoms with Gasteiger partial charge in [0.05, 0.1) is 23.6 Å². The molecular weight excluding hydrogens is 254 g/mol. The highest BCUT2D eigenvalue weighted by molar-refractivity contribution is 7.91. The topological polar surface area (TPSA) is 96.0 Å². The summed E-state index contributed by atoms with van der Waals surface area (Å²) < 4.78 is 30.4. The first-order chi connectivity index (χ1) is 8.59. The van der Waals surface area contributed by atoms with Gasteiger partial charge in [0.1, 0.15) is 12.0 Å². The van der Waals surface area contributed by atoms with E-state index in [4.69, 9.17) is 5.26 Å². The maximum Gasteiger partial charge on any atom is 0.237 e. The van der Waals surface area contributed by atoms with Crippen LogP contribution in [0.1, 0.15) is 11.1 Å². The van der Waals surface area contributed by atoms with Gasteiger partial charge in [-0.05, 0) is 17.7 Å². The quantitative estimate of drug-likeness (QED) is 0.901. The summed E-state index contributed by atoms with van der Waals surface area (Å²) in [5.41, 5.74) is 1.37. The average Bonchev–Trinajstić information content (AvgIpc) is 2.81. The normalized spacial score (nSPS) is 10.8. The number of hydrogen-bond acceptors (Lipinski definition) is 5. The second kappa shape index (κ2) is 4.89. The van der Waals surface area contributed by atoms with Crippen LogP contribution < -0.4 is 4.72 Å². The van der Waals surface area contributed by atoms with Gasteiger partial charge in [-0.3, -0.25) is 4.72 Å². The third kappa shape index (κ3) is 3.09. The van der Waals surface area contributed by atoms with E-state index in [0.29, 0.717) is 11.1 Å². The lowest BCUT2D eigenvalue weighted by atomic mass is 10.2. The van der Waals surface area contributed by atoms with Crippen molar-refractivity contribution in [1.29, 1.82) is 5.26 Å². The van der Waals surface area contributed by atoms with E-state index in [1.165, 1.54) is 12.5 Å². The summed E-state index contributed by atoms with van der Waals surface area (Å²) >= 11 is 0. The molecule has 0 bridgehead atoms. The zero-order valence-electron chi connectivity index (χ0n) is 9.20. The fraction of sp³-hybridized carbons (Fsp3) is 0.0909. The number of rotatable bonds is 4. The van der Waals surface area contributed by atoms with Crippen LogP contribution in [0.15, 0.2) is 41.2 Å². The molecule has 0 saturated carbocycles. The van der Waals surface area contributed by atoms with Crippen LogP contribution in [0.25, 0.3) is 0 Å². The zero-order valence-corrected chi connectivity index (χ0v) is 10.0. The van der Waals surface area contributed by atoms with Crippen LogP contribution in [-0.4, -0.2) is 13.6 Å². The summed E-state index contributed by atoms with van der Waals surface area (Å²) in [6.45, 7) is 0. The highest BCUT2D eigenvalue weighted by atomic mass is 32.2. The molecule has 0 unspecified atom stereocenters. The summed E-state index contributed by atoms with van der Waals surface area (Å²) in [4.78, 5) is 0. The number of sulfonamides is 1. The van der Waals surface area contributed by atoms with Crippen molar-refractivity contribution in [3.05, 3.63) is 47.9 Å². The van der Waals surface area contributed by atoms with E-state index in [2.05, 4.69) is 14.4 Å². The van der Waals surface area contributed by atoms with E-state index in [9.17, 15) is 8.42 Å². The SMILES string of the molecule is N#Cc1ccc(CS(=O)(=O)Nc2cnoc2)cc1. The Labute approximate surface area is 104 Å². The summed E-state index contributed by atoms with van der Waals surface area (Å²) in [5, 5.41) is 12.0. The minimum absolute atomic E-state index is 0.177. The molecule has 0 amide bonds. The van der Waals surface area contributed by atoms with Gasteiger partial charge in [0.25, 0.3) is 0 Å². The van der Waals surface area contributed by atoms with Crippen LogP contribution in [0.5, 0.6) is 0 Å². The van der Waals surface area contributed by atoms with E-state index in [0.717, 1.165) is 0 Å². The molecule has 0 saturated heterocycles. The highest BCUT2D eigenvalue weighted by Crippen LogP contribution is 2.12. The van der Waals surface area contributed by atoms with Crippen LogP contribution in [0.4, 0.5) is 5.69 Å². The molecule has 0 aliphatic carbocycles.